The minimum atomic E-state index is -3.54. The summed E-state index contributed by atoms with van der Waals surface area (Å²) in [4.78, 5) is 0.249. The highest BCUT2D eigenvalue weighted by atomic mass is 32.2. The summed E-state index contributed by atoms with van der Waals surface area (Å²) in [6.45, 7) is 4.58. The third-order valence-corrected chi connectivity index (χ3v) is 5.96. The second-order valence-electron chi connectivity index (χ2n) is 5.74. The number of rotatable bonds is 4. The van der Waals surface area contributed by atoms with E-state index in [0.717, 1.165) is 19.3 Å². The molecule has 1 saturated heterocycles. The lowest BCUT2D eigenvalue weighted by Gasteiger charge is -2.31. The maximum absolute atomic E-state index is 12.9. The predicted molar refractivity (Wildman–Crippen MR) is 85.5 cm³/mol. The number of nitrogens with zero attached hydrogens (tertiary/aromatic N) is 1. The summed E-state index contributed by atoms with van der Waals surface area (Å²) >= 11 is 0. The van der Waals surface area contributed by atoms with Crippen molar-refractivity contribution in [1.29, 1.82) is 0 Å². The van der Waals surface area contributed by atoms with Crippen LogP contribution in [0.1, 0.15) is 26.2 Å². The second-order valence-corrected chi connectivity index (χ2v) is 7.68. The van der Waals surface area contributed by atoms with Gasteiger partial charge >= 0.3 is 0 Å². The van der Waals surface area contributed by atoms with Gasteiger partial charge in [0, 0.05) is 32.2 Å². The van der Waals surface area contributed by atoms with Crippen LogP contribution in [0.2, 0.25) is 0 Å². The van der Waals surface area contributed by atoms with Gasteiger partial charge in [-0.3, -0.25) is 0 Å². The summed E-state index contributed by atoms with van der Waals surface area (Å²) in [7, 11) is -3.54. The second kappa shape index (κ2) is 7.07. The van der Waals surface area contributed by atoms with Crippen LogP contribution >= 0.6 is 0 Å². The van der Waals surface area contributed by atoms with E-state index in [2.05, 4.69) is 0 Å². The highest BCUT2D eigenvalue weighted by Crippen LogP contribution is 2.33. The molecule has 1 fully saturated rings. The average molecular weight is 341 g/mol. The highest BCUT2D eigenvalue weighted by Gasteiger charge is 2.31. The van der Waals surface area contributed by atoms with Crippen LogP contribution in [0.15, 0.2) is 23.1 Å². The molecule has 2 heterocycles. The Bertz CT molecular complexity index is 644. The quantitative estimate of drug-likeness (QED) is 0.838. The fraction of sp³-hybridized carbons (Fsp3) is 0.625. The van der Waals surface area contributed by atoms with E-state index in [9.17, 15) is 8.42 Å². The molecule has 0 spiro atoms. The van der Waals surface area contributed by atoms with Gasteiger partial charge < -0.3 is 14.2 Å². The molecule has 1 aromatic carbocycles. The van der Waals surface area contributed by atoms with Gasteiger partial charge in [0.1, 0.15) is 0 Å². The van der Waals surface area contributed by atoms with Crippen molar-refractivity contribution in [2.24, 2.45) is 0 Å². The third-order valence-electron chi connectivity index (χ3n) is 4.10. The lowest BCUT2D eigenvalue weighted by molar-refractivity contribution is 0.0265. The zero-order chi connectivity index (χ0) is 16.3. The molecular formula is C16H23NO5S. The minimum Gasteiger partial charge on any atom is -0.490 e. The van der Waals surface area contributed by atoms with Gasteiger partial charge in [-0.15, -0.1) is 0 Å². The Kier molecular flexibility index (Phi) is 5.08. The first-order valence-electron chi connectivity index (χ1n) is 8.12. The summed E-state index contributed by atoms with van der Waals surface area (Å²) < 4.78 is 44.0. The van der Waals surface area contributed by atoms with Crippen molar-refractivity contribution in [2.75, 3.05) is 32.9 Å². The van der Waals surface area contributed by atoms with E-state index in [4.69, 9.17) is 14.2 Å². The van der Waals surface area contributed by atoms with Crippen LogP contribution in [-0.4, -0.2) is 51.7 Å². The van der Waals surface area contributed by atoms with Crippen molar-refractivity contribution in [1.82, 2.24) is 4.31 Å². The zero-order valence-corrected chi connectivity index (χ0v) is 14.2. The van der Waals surface area contributed by atoms with Crippen molar-refractivity contribution >= 4 is 10.0 Å². The molecule has 0 aliphatic carbocycles. The zero-order valence-electron chi connectivity index (χ0n) is 13.4. The van der Waals surface area contributed by atoms with Crippen LogP contribution in [0, 0.1) is 0 Å². The molecule has 128 valence electrons. The first-order chi connectivity index (χ1) is 11.1. The number of hydrogen-bond acceptors (Lipinski definition) is 5. The van der Waals surface area contributed by atoms with Gasteiger partial charge in [-0.2, -0.15) is 4.31 Å². The summed E-state index contributed by atoms with van der Waals surface area (Å²) in [5.41, 5.74) is 0. The Balaban J connectivity index is 1.83. The number of sulfonamides is 1. The van der Waals surface area contributed by atoms with Crippen LogP contribution < -0.4 is 9.47 Å². The first kappa shape index (κ1) is 16.5. The monoisotopic (exact) mass is 341 g/mol. The van der Waals surface area contributed by atoms with Crippen molar-refractivity contribution in [3.8, 4) is 11.5 Å². The fourth-order valence-corrected chi connectivity index (χ4v) is 4.47. The molecule has 0 amide bonds. The highest BCUT2D eigenvalue weighted by molar-refractivity contribution is 7.89. The summed E-state index contributed by atoms with van der Waals surface area (Å²) in [6.07, 6.45) is 2.48. The Morgan fingerprint density at radius 2 is 2.00 bits per heavy atom. The van der Waals surface area contributed by atoms with Gasteiger partial charge in [0.15, 0.2) is 11.5 Å². The maximum Gasteiger partial charge on any atom is 0.243 e. The van der Waals surface area contributed by atoms with Gasteiger partial charge in [0.2, 0.25) is 10.0 Å². The number of piperidine rings is 1. The van der Waals surface area contributed by atoms with Crippen LogP contribution in [0.5, 0.6) is 11.5 Å². The number of fused-ring (bicyclic) bond motifs is 1. The molecule has 0 aromatic heterocycles. The predicted octanol–water partition coefficient (Wildman–Crippen LogP) is 2.04. The van der Waals surface area contributed by atoms with Crippen LogP contribution in [0.25, 0.3) is 0 Å². The van der Waals surface area contributed by atoms with Gasteiger partial charge in [-0.05, 0) is 31.9 Å². The molecule has 0 saturated carbocycles. The fourth-order valence-electron chi connectivity index (χ4n) is 2.95. The Morgan fingerprint density at radius 1 is 1.22 bits per heavy atom. The van der Waals surface area contributed by atoms with E-state index in [0.29, 0.717) is 44.4 Å². The normalized spacial score (nSPS) is 22.6. The maximum atomic E-state index is 12.9. The van der Waals surface area contributed by atoms with E-state index < -0.39 is 10.0 Å². The third kappa shape index (κ3) is 3.62. The van der Waals surface area contributed by atoms with Crippen LogP contribution in [0.3, 0.4) is 0 Å². The molecule has 0 N–H and O–H groups in total. The molecule has 2 aliphatic heterocycles. The topological polar surface area (TPSA) is 65.1 Å². The number of hydrogen-bond donors (Lipinski definition) is 0. The molecule has 6 nitrogen and oxygen atoms in total. The van der Waals surface area contributed by atoms with E-state index in [1.54, 1.807) is 18.2 Å². The SMILES string of the molecule is CCOC1CCCN(S(=O)(=O)c2ccc3c(c2)OCCCO3)C1. The number of benzene rings is 1. The average Bonchev–Trinajstić information content (AvgIpc) is 2.80. The summed E-state index contributed by atoms with van der Waals surface area (Å²) in [5, 5.41) is 0. The van der Waals surface area contributed by atoms with Crippen molar-refractivity contribution in [3.63, 3.8) is 0 Å². The Labute approximate surface area is 137 Å². The lowest BCUT2D eigenvalue weighted by Crippen LogP contribution is -2.43. The van der Waals surface area contributed by atoms with E-state index in [1.807, 2.05) is 6.92 Å². The van der Waals surface area contributed by atoms with Crippen molar-refractivity contribution in [2.45, 2.75) is 37.2 Å². The molecular weight excluding hydrogens is 318 g/mol. The van der Waals surface area contributed by atoms with E-state index in [-0.39, 0.29) is 11.0 Å². The van der Waals surface area contributed by atoms with Crippen molar-refractivity contribution in [3.05, 3.63) is 18.2 Å². The molecule has 1 atom stereocenters. The van der Waals surface area contributed by atoms with Crippen molar-refractivity contribution < 1.29 is 22.6 Å². The van der Waals surface area contributed by atoms with Crippen LogP contribution in [0.4, 0.5) is 0 Å². The molecule has 3 rings (SSSR count). The molecule has 0 radical (unpaired) electrons. The molecule has 1 unspecified atom stereocenters. The number of ether oxygens (including phenoxy) is 3. The molecule has 23 heavy (non-hydrogen) atoms. The molecule has 1 aromatic rings. The molecule has 7 heteroatoms. The molecule has 0 bridgehead atoms. The minimum absolute atomic E-state index is 0.0241. The Morgan fingerprint density at radius 3 is 2.78 bits per heavy atom. The van der Waals surface area contributed by atoms with Gasteiger partial charge in [-0.1, -0.05) is 0 Å². The smallest absolute Gasteiger partial charge is 0.243 e. The van der Waals surface area contributed by atoms with Gasteiger partial charge in [0.05, 0.1) is 24.2 Å². The van der Waals surface area contributed by atoms with E-state index in [1.165, 1.54) is 4.31 Å². The summed E-state index contributed by atoms with van der Waals surface area (Å²) in [5.74, 6) is 1.11. The van der Waals surface area contributed by atoms with Crippen LogP contribution in [-0.2, 0) is 14.8 Å². The molecule has 2 aliphatic rings. The van der Waals surface area contributed by atoms with Gasteiger partial charge in [-0.25, -0.2) is 8.42 Å². The standard InChI is InChI=1S/C16H23NO5S/c1-2-20-13-5-3-8-17(12-13)23(18,19)14-6-7-15-16(11-14)22-10-4-9-21-15/h6-7,11,13H,2-5,8-10,12H2,1H3. The Hall–Kier alpha value is -1.31. The largest absolute Gasteiger partial charge is 0.490 e. The van der Waals surface area contributed by atoms with E-state index >= 15 is 0 Å². The van der Waals surface area contributed by atoms with Gasteiger partial charge in [0.25, 0.3) is 0 Å². The lowest BCUT2D eigenvalue weighted by atomic mass is 10.1. The summed E-state index contributed by atoms with van der Waals surface area (Å²) in [6, 6.07) is 4.84. The first-order valence-corrected chi connectivity index (χ1v) is 9.56.